The molecule has 0 radical (unpaired) electrons. The summed E-state index contributed by atoms with van der Waals surface area (Å²) in [6.07, 6.45) is 3.32. The van der Waals surface area contributed by atoms with Gasteiger partial charge in [0.2, 0.25) is 11.9 Å². The molecule has 0 atom stereocenters. The second-order valence-electron chi connectivity index (χ2n) is 8.73. The van der Waals surface area contributed by atoms with Gasteiger partial charge in [0, 0.05) is 24.3 Å². The van der Waals surface area contributed by atoms with E-state index in [1.165, 1.54) is 6.42 Å². The Balaban J connectivity index is 1.46. The molecule has 2 aromatic rings. The second kappa shape index (κ2) is 9.31. The number of aliphatic imine (C=N–C) groups is 2. The van der Waals surface area contributed by atoms with Crippen LogP contribution in [0.1, 0.15) is 49.0 Å². The van der Waals surface area contributed by atoms with Gasteiger partial charge in [-0.2, -0.15) is 4.99 Å². The third-order valence-electron chi connectivity index (χ3n) is 5.78. The van der Waals surface area contributed by atoms with E-state index in [0.29, 0.717) is 22.9 Å². The molecule has 1 saturated heterocycles. The van der Waals surface area contributed by atoms with Crippen LogP contribution in [0.5, 0.6) is 5.75 Å². The minimum atomic E-state index is -0.705. The molecule has 0 saturated carbocycles. The first-order valence-electron chi connectivity index (χ1n) is 11.0. The number of rotatable bonds is 5. The molecule has 0 unspecified atom stereocenters. The van der Waals surface area contributed by atoms with Gasteiger partial charge < -0.3 is 21.1 Å². The summed E-state index contributed by atoms with van der Waals surface area (Å²) in [4.78, 5) is 24.9. The van der Waals surface area contributed by atoms with Crippen LogP contribution >= 0.6 is 11.6 Å². The highest BCUT2D eigenvalue weighted by atomic mass is 35.5. The number of guanidine groups is 2. The monoisotopic (exact) mass is 468 g/mol. The Morgan fingerprint density at radius 1 is 1.12 bits per heavy atom. The summed E-state index contributed by atoms with van der Waals surface area (Å²) in [5.74, 6) is 0.986. The van der Waals surface area contributed by atoms with Crippen LogP contribution in [0.4, 0.5) is 5.69 Å². The first-order chi connectivity index (χ1) is 15.7. The van der Waals surface area contributed by atoms with Gasteiger partial charge in [-0.1, -0.05) is 23.7 Å². The van der Waals surface area contributed by atoms with E-state index in [1.54, 1.807) is 17.0 Å². The minimum absolute atomic E-state index is 0.0747. The van der Waals surface area contributed by atoms with Gasteiger partial charge >= 0.3 is 0 Å². The van der Waals surface area contributed by atoms with Crippen molar-refractivity contribution in [2.24, 2.45) is 21.5 Å². The molecule has 2 aliphatic heterocycles. The van der Waals surface area contributed by atoms with Crippen molar-refractivity contribution in [3.63, 3.8) is 0 Å². The van der Waals surface area contributed by atoms with Crippen molar-refractivity contribution < 1.29 is 9.53 Å². The largest absolute Gasteiger partial charge is 0.487 e. The maximum Gasteiger partial charge on any atom is 0.253 e. The van der Waals surface area contributed by atoms with E-state index in [-0.39, 0.29) is 17.8 Å². The zero-order valence-electron chi connectivity index (χ0n) is 18.9. The molecule has 4 rings (SSSR count). The quantitative estimate of drug-likeness (QED) is 0.694. The molecule has 9 heteroatoms. The Hall–Kier alpha value is -3.26. The van der Waals surface area contributed by atoms with Gasteiger partial charge in [0.05, 0.1) is 5.02 Å². The van der Waals surface area contributed by atoms with Gasteiger partial charge in [-0.05, 0) is 69.0 Å². The topological polar surface area (TPSA) is 110 Å². The number of hydrogen-bond acceptors (Lipinski definition) is 7. The van der Waals surface area contributed by atoms with E-state index in [2.05, 4.69) is 9.98 Å². The second-order valence-corrected chi connectivity index (χ2v) is 9.13. The van der Waals surface area contributed by atoms with Crippen LogP contribution in [-0.2, 0) is 6.61 Å². The standard InChI is InChI=1S/C24H29ClN6O2/c1-24(2)29-22(26)28-23(27)31(24)18-9-10-20(19(25)14-18)33-15-16-7-6-8-17(13-16)21(32)30-11-4-3-5-12-30/h6-10,13-14H,3-5,11-12,15H2,1-2H3,(H4,26,27,28,29). The minimum Gasteiger partial charge on any atom is -0.487 e. The number of nitrogens with two attached hydrogens (primary N) is 2. The average molecular weight is 469 g/mol. The molecule has 0 spiro atoms. The summed E-state index contributed by atoms with van der Waals surface area (Å²) in [6, 6.07) is 12.9. The Labute approximate surface area is 198 Å². The molecule has 8 nitrogen and oxygen atoms in total. The fourth-order valence-electron chi connectivity index (χ4n) is 4.23. The molecule has 0 aliphatic carbocycles. The molecule has 0 aromatic heterocycles. The lowest BCUT2D eigenvalue weighted by Gasteiger charge is -2.38. The number of carbonyl (C=O) groups is 1. The number of carbonyl (C=O) groups excluding carboxylic acids is 1. The molecule has 2 heterocycles. The van der Waals surface area contributed by atoms with Crippen molar-refractivity contribution in [1.82, 2.24) is 4.90 Å². The van der Waals surface area contributed by atoms with Gasteiger partial charge in [0.15, 0.2) is 0 Å². The summed E-state index contributed by atoms with van der Waals surface area (Å²) < 4.78 is 5.96. The summed E-state index contributed by atoms with van der Waals surface area (Å²) in [7, 11) is 0. The highest BCUT2D eigenvalue weighted by Crippen LogP contribution is 2.34. The first-order valence-corrected chi connectivity index (χ1v) is 11.4. The molecule has 2 aliphatic rings. The molecule has 4 N–H and O–H groups in total. The predicted octanol–water partition coefficient (Wildman–Crippen LogP) is 3.73. The van der Waals surface area contributed by atoms with Gasteiger partial charge in [-0.15, -0.1) is 0 Å². The fraction of sp³-hybridized carbons (Fsp3) is 0.375. The maximum atomic E-state index is 12.8. The SMILES string of the molecule is CC1(C)N=C(N)N=C(N)N1c1ccc(OCc2cccc(C(=O)N3CCCCC3)c2)c(Cl)c1. The number of ether oxygens (including phenoxy) is 1. The number of nitrogens with zero attached hydrogens (tertiary/aromatic N) is 4. The number of piperidine rings is 1. The molecule has 0 bridgehead atoms. The summed E-state index contributed by atoms with van der Waals surface area (Å²) in [5.41, 5.74) is 13.5. The summed E-state index contributed by atoms with van der Waals surface area (Å²) in [5, 5.41) is 0.430. The van der Waals surface area contributed by atoms with Crippen molar-refractivity contribution in [3.8, 4) is 5.75 Å². The van der Waals surface area contributed by atoms with Crippen LogP contribution in [0.15, 0.2) is 52.4 Å². The van der Waals surface area contributed by atoms with Crippen LogP contribution in [0.25, 0.3) is 0 Å². The average Bonchev–Trinajstić information content (AvgIpc) is 2.77. The number of halogens is 1. The zero-order chi connectivity index (χ0) is 23.6. The molecule has 2 aromatic carbocycles. The molecule has 174 valence electrons. The van der Waals surface area contributed by atoms with Crippen LogP contribution < -0.4 is 21.1 Å². The van der Waals surface area contributed by atoms with E-state index >= 15 is 0 Å². The van der Waals surface area contributed by atoms with E-state index in [9.17, 15) is 4.79 Å². The number of hydrogen-bond donors (Lipinski definition) is 2. The lowest BCUT2D eigenvalue weighted by Crippen LogP contribution is -2.54. The van der Waals surface area contributed by atoms with E-state index < -0.39 is 5.66 Å². The van der Waals surface area contributed by atoms with Crippen molar-refractivity contribution >= 4 is 35.1 Å². The number of amides is 1. The van der Waals surface area contributed by atoms with Crippen LogP contribution in [-0.4, -0.2) is 41.5 Å². The smallest absolute Gasteiger partial charge is 0.253 e. The van der Waals surface area contributed by atoms with Gasteiger partial charge in [0.25, 0.3) is 5.91 Å². The van der Waals surface area contributed by atoms with Gasteiger partial charge in [0.1, 0.15) is 18.0 Å². The zero-order valence-corrected chi connectivity index (χ0v) is 19.7. The van der Waals surface area contributed by atoms with E-state index in [4.69, 9.17) is 27.8 Å². The maximum absolute atomic E-state index is 12.8. The van der Waals surface area contributed by atoms with Crippen molar-refractivity contribution in [3.05, 3.63) is 58.6 Å². The van der Waals surface area contributed by atoms with Crippen molar-refractivity contribution in [2.75, 3.05) is 18.0 Å². The molecular weight excluding hydrogens is 440 g/mol. The van der Waals surface area contributed by atoms with Crippen LogP contribution in [0.3, 0.4) is 0 Å². The van der Waals surface area contributed by atoms with E-state index in [0.717, 1.165) is 37.2 Å². The normalized spacial score (nSPS) is 17.9. The molecule has 1 amide bonds. The molecular formula is C24H29ClN6O2. The van der Waals surface area contributed by atoms with Crippen LogP contribution in [0, 0.1) is 0 Å². The predicted molar refractivity (Wildman–Crippen MR) is 132 cm³/mol. The Bertz CT molecular complexity index is 1110. The van der Waals surface area contributed by atoms with Gasteiger partial charge in [-0.25, -0.2) is 4.99 Å². The third kappa shape index (κ3) is 5.06. The lowest BCUT2D eigenvalue weighted by atomic mass is 10.1. The van der Waals surface area contributed by atoms with Gasteiger partial charge in [-0.3, -0.25) is 9.69 Å². The molecule has 33 heavy (non-hydrogen) atoms. The Morgan fingerprint density at radius 3 is 2.58 bits per heavy atom. The first kappa shape index (κ1) is 22.9. The fourth-order valence-corrected chi connectivity index (χ4v) is 4.46. The number of anilines is 1. The van der Waals surface area contributed by atoms with Crippen LogP contribution in [0.2, 0.25) is 5.02 Å². The van der Waals surface area contributed by atoms with Crippen molar-refractivity contribution in [1.29, 1.82) is 0 Å². The van der Waals surface area contributed by atoms with Crippen molar-refractivity contribution in [2.45, 2.75) is 45.4 Å². The Morgan fingerprint density at radius 2 is 1.88 bits per heavy atom. The third-order valence-corrected chi connectivity index (χ3v) is 6.07. The lowest BCUT2D eigenvalue weighted by molar-refractivity contribution is 0.0724. The number of likely N-dealkylation sites (tertiary alicyclic amines) is 1. The Kier molecular flexibility index (Phi) is 6.47. The highest BCUT2D eigenvalue weighted by molar-refractivity contribution is 6.32. The summed E-state index contributed by atoms with van der Waals surface area (Å²) >= 11 is 6.51. The van der Waals surface area contributed by atoms with E-state index in [1.807, 2.05) is 49.1 Å². The highest BCUT2D eigenvalue weighted by Gasteiger charge is 2.33. The summed E-state index contributed by atoms with van der Waals surface area (Å²) in [6.45, 7) is 5.71. The number of benzene rings is 2. The molecule has 1 fully saturated rings.